The first-order chi connectivity index (χ1) is 8.65. The third-order valence-corrected chi connectivity index (χ3v) is 2.62. The quantitative estimate of drug-likeness (QED) is 0.790. The fourth-order valence-electron chi connectivity index (χ4n) is 1.78. The minimum atomic E-state index is -0.544. The van der Waals surface area contributed by atoms with Crippen LogP contribution >= 0.6 is 0 Å². The molecule has 6 heteroatoms. The summed E-state index contributed by atoms with van der Waals surface area (Å²) in [7, 11) is 0. The van der Waals surface area contributed by atoms with Crippen LogP contribution in [0.2, 0.25) is 0 Å². The number of fused-ring (bicyclic) bond motifs is 1. The summed E-state index contributed by atoms with van der Waals surface area (Å²) in [4.78, 5) is 31.6. The summed E-state index contributed by atoms with van der Waals surface area (Å²) in [5.41, 5.74) is 0.764. The van der Waals surface area contributed by atoms with Crippen molar-refractivity contribution in [2.45, 2.75) is 20.4 Å². The lowest BCUT2D eigenvalue weighted by atomic mass is 10.2. The van der Waals surface area contributed by atoms with Crippen molar-refractivity contribution in [3.63, 3.8) is 0 Å². The van der Waals surface area contributed by atoms with Crippen molar-refractivity contribution >= 4 is 11.2 Å². The van der Waals surface area contributed by atoms with E-state index in [1.54, 1.807) is 10.9 Å². The van der Waals surface area contributed by atoms with Crippen LogP contribution in [-0.2, 0) is 6.54 Å². The molecule has 0 aliphatic heterocycles. The molecular formula is C12H14N4O2. The first-order valence-corrected chi connectivity index (χ1v) is 5.61. The molecule has 0 spiro atoms. The van der Waals surface area contributed by atoms with Gasteiger partial charge in [-0.15, -0.1) is 0 Å². The Morgan fingerprint density at radius 1 is 1.39 bits per heavy atom. The molecule has 0 saturated carbocycles. The molecule has 0 atom stereocenters. The summed E-state index contributed by atoms with van der Waals surface area (Å²) in [5, 5.41) is 0. The van der Waals surface area contributed by atoms with Gasteiger partial charge in [-0.3, -0.25) is 14.8 Å². The highest BCUT2D eigenvalue weighted by Crippen LogP contribution is 2.07. The van der Waals surface area contributed by atoms with E-state index in [0.717, 1.165) is 5.57 Å². The Kier molecular flexibility index (Phi) is 3.27. The molecule has 2 rings (SSSR count). The summed E-state index contributed by atoms with van der Waals surface area (Å²) in [6, 6.07) is 0. The zero-order valence-electron chi connectivity index (χ0n) is 10.2. The number of aromatic amines is 2. The van der Waals surface area contributed by atoms with Gasteiger partial charge in [0.2, 0.25) is 0 Å². The van der Waals surface area contributed by atoms with Crippen molar-refractivity contribution in [2.24, 2.45) is 0 Å². The molecule has 0 unspecified atom stereocenters. The topological polar surface area (TPSA) is 83.5 Å². The van der Waals surface area contributed by atoms with Gasteiger partial charge in [-0.25, -0.2) is 9.78 Å². The molecule has 0 fully saturated rings. The third-order valence-electron chi connectivity index (χ3n) is 2.62. The molecule has 0 amide bonds. The van der Waals surface area contributed by atoms with Crippen LogP contribution in [0.5, 0.6) is 0 Å². The molecule has 18 heavy (non-hydrogen) atoms. The molecule has 2 heterocycles. The van der Waals surface area contributed by atoms with Crippen LogP contribution in [0.15, 0.2) is 39.7 Å². The van der Waals surface area contributed by atoms with Crippen LogP contribution in [-0.4, -0.2) is 19.5 Å². The molecule has 2 aromatic rings. The lowest BCUT2D eigenvalue weighted by Gasteiger charge is -2.03. The van der Waals surface area contributed by atoms with Gasteiger partial charge in [0.25, 0.3) is 5.56 Å². The number of rotatable bonds is 3. The van der Waals surface area contributed by atoms with E-state index < -0.39 is 11.2 Å². The number of nitrogens with one attached hydrogen (secondary N) is 2. The van der Waals surface area contributed by atoms with Crippen molar-refractivity contribution in [3.8, 4) is 0 Å². The lowest BCUT2D eigenvalue weighted by Crippen LogP contribution is -2.23. The van der Waals surface area contributed by atoms with Crippen LogP contribution in [0.4, 0.5) is 0 Å². The fourth-order valence-corrected chi connectivity index (χ4v) is 1.78. The lowest BCUT2D eigenvalue weighted by molar-refractivity contribution is 0.816. The van der Waals surface area contributed by atoms with Crippen molar-refractivity contribution in [1.29, 1.82) is 0 Å². The highest BCUT2D eigenvalue weighted by Gasteiger charge is 2.08. The molecule has 0 aromatic carbocycles. The van der Waals surface area contributed by atoms with Gasteiger partial charge in [0.05, 0.1) is 6.33 Å². The molecule has 94 valence electrons. The summed E-state index contributed by atoms with van der Waals surface area (Å²) < 4.78 is 1.71. The first-order valence-electron chi connectivity index (χ1n) is 5.61. The van der Waals surface area contributed by atoms with Crippen LogP contribution in [0.25, 0.3) is 11.2 Å². The van der Waals surface area contributed by atoms with Crippen molar-refractivity contribution in [2.75, 3.05) is 0 Å². The Labute approximate surface area is 103 Å². The van der Waals surface area contributed by atoms with Crippen molar-refractivity contribution in [1.82, 2.24) is 19.5 Å². The fraction of sp³-hybridized carbons (Fsp3) is 0.250. The van der Waals surface area contributed by atoms with Gasteiger partial charge in [-0.2, -0.15) is 0 Å². The van der Waals surface area contributed by atoms with Gasteiger partial charge in [0, 0.05) is 6.54 Å². The zero-order valence-corrected chi connectivity index (χ0v) is 10.2. The molecular weight excluding hydrogens is 232 g/mol. The molecule has 6 nitrogen and oxygen atoms in total. The Morgan fingerprint density at radius 2 is 2.17 bits per heavy atom. The smallest absolute Gasteiger partial charge is 0.320 e. The first kappa shape index (κ1) is 12.1. The monoisotopic (exact) mass is 246 g/mol. The van der Waals surface area contributed by atoms with Crippen molar-refractivity contribution < 1.29 is 0 Å². The van der Waals surface area contributed by atoms with E-state index in [2.05, 4.69) is 15.0 Å². The number of hydrogen-bond acceptors (Lipinski definition) is 3. The summed E-state index contributed by atoms with van der Waals surface area (Å²) >= 11 is 0. The van der Waals surface area contributed by atoms with Crippen LogP contribution in [0.1, 0.15) is 13.8 Å². The SMILES string of the molecule is C/C=C\C(=C/C)Cn1cnc2[nH]c(=O)[nH]c(=O)c21. The predicted molar refractivity (Wildman–Crippen MR) is 69.5 cm³/mol. The molecule has 2 N–H and O–H groups in total. The number of aromatic nitrogens is 4. The van der Waals surface area contributed by atoms with E-state index in [-0.39, 0.29) is 0 Å². The second kappa shape index (κ2) is 4.87. The summed E-state index contributed by atoms with van der Waals surface area (Å²) in [6.45, 7) is 4.40. The number of hydrogen-bond donors (Lipinski definition) is 2. The number of imidazole rings is 1. The minimum Gasteiger partial charge on any atom is -0.320 e. The Hall–Kier alpha value is -2.37. The normalized spacial score (nSPS) is 12.7. The van der Waals surface area contributed by atoms with Gasteiger partial charge in [0.15, 0.2) is 11.2 Å². The maximum Gasteiger partial charge on any atom is 0.327 e. The number of nitrogens with zero attached hydrogens (tertiary/aromatic N) is 2. The van der Waals surface area contributed by atoms with E-state index in [4.69, 9.17) is 0 Å². The number of allylic oxidation sites excluding steroid dienone is 4. The predicted octanol–water partition coefficient (Wildman–Crippen LogP) is 0.935. The molecule has 0 radical (unpaired) electrons. The average Bonchev–Trinajstić information content (AvgIpc) is 2.71. The highest BCUT2D eigenvalue weighted by molar-refractivity contribution is 5.69. The average molecular weight is 246 g/mol. The van der Waals surface area contributed by atoms with Gasteiger partial charge in [0.1, 0.15) is 0 Å². The second-order valence-electron chi connectivity index (χ2n) is 3.84. The summed E-state index contributed by atoms with van der Waals surface area (Å²) in [5.74, 6) is 0. The minimum absolute atomic E-state index is 0.305. The maximum absolute atomic E-state index is 11.7. The molecule has 0 saturated heterocycles. The Morgan fingerprint density at radius 3 is 2.83 bits per heavy atom. The molecule has 0 aliphatic rings. The van der Waals surface area contributed by atoms with E-state index in [1.165, 1.54) is 0 Å². The maximum atomic E-state index is 11.7. The van der Waals surface area contributed by atoms with Gasteiger partial charge in [-0.05, 0) is 19.4 Å². The van der Waals surface area contributed by atoms with E-state index in [1.807, 2.05) is 32.1 Å². The van der Waals surface area contributed by atoms with Crippen LogP contribution in [0.3, 0.4) is 0 Å². The van der Waals surface area contributed by atoms with Crippen molar-refractivity contribution in [3.05, 3.63) is 51.0 Å². The number of H-pyrrole nitrogens is 2. The summed E-state index contributed by atoms with van der Waals surface area (Å²) in [6.07, 6.45) is 7.40. The molecule has 0 bridgehead atoms. The third kappa shape index (κ3) is 2.17. The van der Waals surface area contributed by atoms with Gasteiger partial charge in [-0.1, -0.05) is 18.2 Å². The highest BCUT2D eigenvalue weighted by atomic mass is 16.2. The van der Waals surface area contributed by atoms with Gasteiger partial charge < -0.3 is 4.57 Å². The standard InChI is InChI=1S/C12H14N4O2/c1-3-5-8(4-2)6-16-7-13-10-9(16)11(17)15-12(18)14-10/h3-5,7H,6H2,1-2H3,(H2,14,15,17,18)/b5-3-,8-4+. The van der Waals surface area contributed by atoms with Crippen LogP contribution in [0, 0.1) is 0 Å². The van der Waals surface area contributed by atoms with E-state index in [9.17, 15) is 9.59 Å². The largest absolute Gasteiger partial charge is 0.327 e. The Balaban J connectivity index is 2.54. The Bertz CT molecular complexity index is 730. The van der Waals surface area contributed by atoms with Crippen LogP contribution < -0.4 is 11.2 Å². The van der Waals surface area contributed by atoms with Gasteiger partial charge >= 0.3 is 5.69 Å². The second-order valence-corrected chi connectivity index (χ2v) is 3.84. The zero-order chi connectivity index (χ0) is 13.1. The molecule has 0 aliphatic carbocycles. The molecule has 2 aromatic heterocycles. The van der Waals surface area contributed by atoms with E-state index in [0.29, 0.717) is 17.7 Å². The van der Waals surface area contributed by atoms with E-state index >= 15 is 0 Å².